The van der Waals surface area contributed by atoms with Gasteiger partial charge in [0.1, 0.15) is 0 Å². The first-order chi connectivity index (χ1) is 9.75. The Morgan fingerprint density at radius 2 is 1.95 bits per heavy atom. The van der Waals surface area contributed by atoms with E-state index in [0.29, 0.717) is 0 Å². The van der Waals surface area contributed by atoms with Crippen LogP contribution in [0.15, 0.2) is 18.2 Å². The highest BCUT2D eigenvalue weighted by molar-refractivity contribution is 5.43. The molecule has 1 aromatic carbocycles. The summed E-state index contributed by atoms with van der Waals surface area (Å²) in [7, 11) is 0. The predicted molar refractivity (Wildman–Crippen MR) is 77.3 cm³/mol. The fourth-order valence-corrected chi connectivity index (χ4v) is 2.77. The minimum absolute atomic E-state index is 0.00526. The summed E-state index contributed by atoms with van der Waals surface area (Å²) in [5.41, 5.74) is 1.22. The maximum absolute atomic E-state index is 5.78. The largest absolute Gasteiger partial charge is 0.490 e. The molecule has 0 amide bonds. The van der Waals surface area contributed by atoms with E-state index in [-0.39, 0.29) is 5.60 Å². The van der Waals surface area contributed by atoms with E-state index in [1.54, 1.807) is 0 Å². The lowest BCUT2D eigenvalue weighted by atomic mass is 10.0. The molecule has 2 heterocycles. The highest BCUT2D eigenvalue weighted by atomic mass is 16.5. The van der Waals surface area contributed by atoms with Crippen LogP contribution < -0.4 is 14.8 Å². The first kappa shape index (κ1) is 13.7. The molecule has 4 heteroatoms. The van der Waals surface area contributed by atoms with Crippen LogP contribution >= 0.6 is 0 Å². The van der Waals surface area contributed by atoms with Crippen molar-refractivity contribution in [3.05, 3.63) is 23.8 Å². The standard InChI is InChI=1S/C16H23NO3/c1-16(6-2-9-20-16)12-17-11-13-4-5-14-15(10-13)19-8-3-7-18-14/h4-5,10,17H,2-3,6-9,11-12H2,1H3. The van der Waals surface area contributed by atoms with Crippen LogP contribution in [0.2, 0.25) is 0 Å². The molecule has 1 saturated heterocycles. The molecule has 4 nitrogen and oxygen atoms in total. The maximum Gasteiger partial charge on any atom is 0.161 e. The summed E-state index contributed by atoms with van der Waals surface area (Å²) in [5, 5.41) is 3.49. The maximum atomic E-state index is 5.78. The molecule has 0 saturated carbocycles. The molecule has 110 valence electrons. The molecule has 20 heavy (non-hydrogen) atoms. The third kappa shape index (κ3) is 3.25. The molecule has 0 bridgehead atoms. The second kappa shape index (κ2) is 6.02. The first-order valence-corrected chi connectivity index (χ1v) is 7.48. The summed E-state index contributed by atoms with van der Waals surface area (Å²) in [6, 6.07) is 6.18. The summed E-state index contributed by atoms with van der Waals surface area (Å²) in [6.45, 7) is 6.26. The number of hydrogen-bond donors (Lipinski definition) is 1. The topological polar surface area (TPSA) is 39.7 Å². The van der Waals surface area contributed by atoms with Crippen molar-refractivity contribution in [2.24, 2.45) is 0 Å². The van der Waals surface area contributed by atoms with Gasteiger partial charge in [-0.25, -0.2) is 0 Å². The van der Waals surface area contributed by atoms with Crippen LogP contribution in [0.3, 0.4) is 0 Å². The third-order valence-electron chi connectivity index (χ3n) is 3.94. The molecule has 1 N–H and O–H groups in total. The zero-order valence-corrected chi connectivity index (χ0v) is 12.1. The summed E-state index contributed by atoms with van der Waals surface area (Å²) in [6.07, 6.45) is 3.25. The van der Waals surface area contributed by atoms with Crippen LogP contribution in [0, 0.1) is 0 Å². The normalized spacial score (nSPS) is 25.4. The van der Waals surface area contributed by atoms with E-state index in [1.807, 2.05) is 6.07 Å². The van der Waals surface area contributed by atoms with Crippen LogP contribution in [0.1, 0.15) is 31.7 Å². The minimum atomic E-state index is 0.00526. The van der Waals surface area contributed by atoms with Gasteiger partial charge in [-0.2, -0.15) is 0 Å². The van der Waals surface area contributed by atoms with E-state index < -0.39 is 0 Å². The molecule has 1 fully saturated rings. The number of fused-ring (bicyclic) bond motifs is 1. The molecular weight excluding hydrogens is 254 g/mol. The van der Waals surface area contributed by atoms with Gasteiger partial charge in [-0.3, -0.25) is 0 Å². The molecular formula is C16H23NO3. The monoisotopic (exact) mass is 277 g/mol. The van der Waals surface area contributed by atoms with E-state index in [0.717, 1.165) is 57.3 Å². The molecule has 2 aliphatic rings. The third-order valence-corrected chi connectivity index (χ3v) is 3.94. The Bertz CT molecular complexity index is 455. The Morgan fingerprint density at radius 1 is 1.10 bits per heavy atom. The SMILES string of the molecule is CC1(CNCc2ccc3c(c2)OCCCO3)CCCO1. The number of hydrogen-bond acceptors (Lipinski definition) is 4. The quantitative estimate of drug-likeness (QED) is 0.918. The van der Waals surface area contributed by atoms with Gasteiger partial charge in [0.05, 0.1) is 18.8 Å². The molecule has 0 aliphatic carbocycles. The van der Waals surface area contributed by atoms with Crippen molar-refractivity contribution in [2.75, 3.05) is 26.4 Å². The Kier molecular flexibility index (Phi) is 4.13. The van der Waals surface area contributed by atoms with Gasteiger partial charge in [0.2, 0.25) is 0 Å². The van der Waals surface area contributed by atoms with Crippen LogP contribution in [-0.2, 0) is 11.3 Å². The van der Waals surface area contributed by atoms with Gasteiger partial charge in [0, 0.05) is 26.1 Å². The van der Waals surface area contributed by atoms with Crippen LogP contribution in [-0.4, -0.2) is 32.0 Å². The van der Waals surface area contributed by atoms with Crippen molar-refractivity contribution in [3.63, 3.8) is 0 Å². The number of rotatable bonds is 4. The smallest absolute Gasteiger partial charge is 0.161 e. The Balaban J connectivity index is 1.56. The van der Waals surface area contributed by atoms with Crippen molar-refractivity contribution in [2.45, 2.75) is 38.3 Å². The molecule has 0 spiro atoms. The fraction of sp³-hybridized carbons (Fsp3) is 0.625. The Morgan fingerprint density at radius 3 is 2.75 bits per heavy atom. The number of benzene rings is 1. The van der Waals surface area contributed by atoms with Crippen LogP contribution in [0.25, 0.3) is 0 Å². The zero-order chi connectivity index (χ0) is 13.8. The lowest BCUT2D eigenvalue weighted by molar-refractivity contribution is 0.0207. The van der Waals surface area contributed by atoms with Gasteiger partial charge in [-0.15, -0.1) is 0 Å². The summed E-state index contributed by atoms with van der Waals surface area (Å²) >= 11 is 0. The summed E-state index contributed by atoms with van der Waals surface area (Å²) in [4.78, 5) is 0. The van der Waals surface area contributed by atoms with Gasteiger partial charge in [0.15, 0.2) is 11.5 Å². The molecule has 2 aliphatic heterocycles. The van der Waals surface area contributed by atoms with Gasteiger partial charge in [0.25, 0.3) is 0 Å². The Labute approximate surface area is 120 Å². The highest BCUT2D eigenvalue weighted by Crippen LogP contribution is 2.30. The predicted octanol–water partition coefficient (Wildman–Crippen LogP) is 2.51. The van der Waals surface area contributed by atoms with Crippen molar-refractivity contribution in [3.8, 4) is 11.5 Å². The van der Waals surface area contributed by atoms with Gasteiger partial charge in [-0.05, 0) is 37.5 Å². The molecule has 0 aromatic heterocycles. The molecule has 1 atom stereocenters. The van der Waals surface area contributed by atoms with Crippen molar-refractivity contribution in [1.29, 1.82) is 0 Å². The molecule has 3 rings (SSSR count). The van der Waals surface area contributed by atoms with E-state index in [9.17, 15) is 0 Å². The van der Waals surface area contributed by atoms with Gasteiger partial charge >= 0.3 is 0 Å². The van der Waals surface area contributed by atoms with Crippen molar-refractivity contribution in [1.82, 2.24) is 5.32 Å². The van der Waals surface area contributed by atoms with Crippen molar-refractivity contribution < 1.29 is 14.2 Å². The van der Waals surface area contributed by atoms with Crippen LogP contribution in [0.4, 0.5) is 0 Å². The van der Waals surface area contributed by atoms with Gasteiger partial charge in [-0.1, -0.05) is 6.07 Å². The number of ether oxygens (including phenoxy) is 3. The van der Waals surface area contributed by atoms with Crippen LogP contribution in [0.5, 0.6) is 11.5 Å². The van der Waals surface area contributed by atoms with Crippen molar-refractivity contribution >= 4 is 0 Å². The number of nitrogens with one attached hydrogen (secondary N) is 1. The Hall–Kier alpha value is -1.26. The molecule has 0 radical (unpaired) electrons. The van der Waals surface area contributed by atoms with E-state index in [2.05, 4.69) is 24.4 Å². The highest BCUT2D eigenvalue weighted by Gasteiger charge is 2.28. The second-order valence-corrected chi connectivity index (χ2v) is 5.84. The van der Waals surface area contributed by atoms with E-state index >= 15 is 0 Å². The lowest BCUT2D eigenvalue weighted by Crippen LogP contribution is -2.36. The average Bonchev–Trinajstić information content (AvgIpc) is 2.74. The minimum Gasteiger partial charge on any atom is -0.490 e. The lowest BCUT2D eigenvalue weighted by Gasteiger charge is -2.23. The molecule has 1 aromatic rings. The summed E-state index contributed by atoms with van der Waals surface area (Å²) in [5.74, 6) is 1.72. The fourth-order valence-electron chi connectivity index (χ4n) is 2.77. The van der Waals surface area contributed by atoms with E-state index in [4.69, 9.17) is 14.2 Å². The average molecular weight is 277 g/mol. The van der Waals surface area contributed by atoms with E-state index in [1.165, 1.54) is 12.0 Å². The zero-order valence-electron chi connectivity index (χ0n) is 12.1. The summed E-state index contributed by atoms with van der Waals surface area (Å²) < 4.78 is 17.1. The first-order valence-electron chi connectivity index (χ1n) is 7.48. The second-order valence-electron chi connectivity index (χ2n) is 5.84. The van der Waals surface area contributed by atoms with Gasteiger partial charge < -0.3 is 19.5 Å². The molecule has 1 unspecified atom stereocenters.